The molecule has 1 aromatic carbocycles. The van der Waals surface area contributed by atoms with Gasteiger partial charge in [0.1, 0.15) is 13.2 Å². The molecule has 13 heteroatoms. The summed E-state index contributed by atoms with van der Waals surface area (Å²) in [5, 5.41) is 0. The van der Waals surface area contributed by atoms with Crippen molar-refractivity contribution in [3.8, 4) is 0 Å². The van der Waals surface area contributed by atoms with Crippen molar-refractivity contribution in [2.24, 2.45) is 0 Å². The third-order valence-electron chi connectivity index (χ3n) is 6.92. The Labute approximate surface area is 299 Å². The topological polar surface area (TPSA) is 136 Å². The van der Waals surface area contributed by atoms with Crippen molar-refractivity contribution in [1.29, 1.82) is 0 Å². The van der Waals surface area contributed by atoms with Gasteiger partial charge in [0, 0.05) is 6.42 Å². The quantitative estimate of drug-likeness (QED) is 0.0690. The number of rotatable bonds is 39. The van der Waals surface area contributed by atoms with Gasteiger partial charge < -0.3 is 52.1 Å². The average Bonchev–Trinajstić information content (AvgIpc) is 3.13. The van der Waals surface area contributed by atoms with Gasteiger partial charge in [-0.1, -0.05) is 63.6 Å². The monoisotopic (exact) mass is 716 g/mol. The van der Waals surface area contributed by atoms with Crippen LogP contribution < -0.4 is 0 Å². The van der Waals surface area contributed by atoms with Gasteiger partial charge in [0.2, 0.25) is 0 Å². The number of esters is 2. The van der Waals surface area contributed by atoms with Crippen LogP contribution in [0.1, 0.15) is 68.6 Å². The normalized spacial score (nSPS) is 11.2. The van der Waals surface area contributed by atoms with Crippen LogP contribution in [0.4, 0.5) is 0 Å². The zero-order valence-electron chi connectivity index (χ0n) is 30.5. The summed E-state index contributed by atoms with van der Waals surface area (Å²) in [7, 11) is 0. The highest BCUT2D eigenvalue weighted by atomic mass is 16.6. The number of ether oxygens (including phenoxy) is 11. The molecule has 0 radical (unpaired) electrons. The Bertz CT molecular complexity index is 859. The van der Waals surface area contributed by atoms with Crippen molar-refractivity contribution in [3.63, 3.8) is 0 Å². The van der Waals surface area contributed by atoms with Gasteiger partial charge in [-0.15, -0.1) is 0 Å². The molecule has 13 nitrogen and oxygen atoms in total. The van der Waals surface area contributed by atoms with Crippen molar-refractivity contribution >= 4 is 11.9 Å². The molecule has 0 N–H and O–H groups in total. The van der Waals surface area contributed by atoms with E-state index in [1.807, 2.05) is 6.07 Å². The van der Waals surface area contributed by atoms with E-state index in [1.165, 1.54) is 32.1 Å². The van der Waals surface area contributed by atoms with E-state index in [-0.39, 0.29) is 25.2 Å². The number of carbonyl (C=O) groups is 2. The molecule has 0 heterocycles. The highest BCUT2D eigenvalue weighted by Crippen LogP contribution is 2.08. The maximum atomic E-state index is 11.8. The Kier molecular flexibility index (Phi) is 34.9. The highest BCUT2D eigenvalue weighted by molar-refractivity contribution is 5.89. The van der Waals surface area contributed by atoms with Crippen molar-refractivity contribution in [1.82, 2.24) is 0 Å². The first kappa shape index (κ1) is 45.8. The molecule has 0 unspecified atom stereocenters. The zero-order chi connectivity index (χ0) is 35.8. The van der Waals surface area contributed by atoms with Crippen LogP contribution in [0.15, 0.2) is 30.3 Å². The predicted octanol–water partition coefficient (Wildman–Crippen LogP) is 4.68. The smallest absolute Gasteiger partial charge is 0.338 e. The van der Waals surface area contributed by atoms with Crippen LogP contribution in [0.25, 0.3) is 0 Å². The van der Waals surface area contributed by atoms with Gasteiger partial charge in [0.15, 0.2) is 0 Å². The van der Waals surface area contributed by atoms with Crippen LogP contribution in [0.5, 0.6) is 0 Å². The van der Waals surface area contributed by atoms with Crippen LogP contribution in [-0.4, -0.2) is 144 Å². The van der Waals surface area contributed by atoms with Crippen LogP contribution >= 0.6 is 0 Å². The average molecular weight is 717 g/mol. The number of hydrogen-bond acceptors (Lipinski definition) is 13. The lowest BCUT2D eigenvalue weighted by atomic mass is 10.1. The second kappa shape index (κ2) is 38.0. The summed E-state index contributed by atoms with van der Waals surface area (Å²) in [6.45, 7) is 10.9. The lowest BCUT2D eigenvalue weighted by Gasteiger charge is -2.09. The first-order valence-electron chi connectivity index (χ1n) is 18.3. The van der Waals surface area contributed by atoms with Crippen LogP contribution in [0.2, 0.25) is 0 Å². The van der Waals surface area contributed by atoms with Gasteiger partial charge in [-0.2, -0.15) is 0 Å². The molecule has 0 saturated carbocycles. The van der Waals surface area contributed by atoms with Gasteiger partial charge in [-0.25, -0.2) is 4.79 Å². The maximum Gasteiger partial charge on any atom is 0.338 e. The number of unbranched alkanes of at least 4 members (excludes halogenated alkanes) is 6. The molecule has 1 aromatic rings. The summed E-state index contributed by atoms with van der Waals surface area (Å²) >= 11 is 0. The lowest BCUT2D eigenvalue weighted by Crippen LogP contribution is -2.16. The lowest BCUT2D eigenvalue weighted by molar-refractivity contribution is -0.145. The van der Waals surface area contributed by atoms with Crippen molar-refractivity contribution < 1.29 is 61.7 Å². The molecule has 0 aliphatic rings. The minimum atomic E-state index is -0.358. The molecule has 0 spiro atoms. The Morgan fingerprint density at radius 3 is 1.10 bits per heavy atom. The SMILES string of the molecule is CCCCCCCCCC(=O)OCCOCCOCCOCCOCCOCCOCCOCCOCCOCCOC(=O)c1ccccc1. The number of carbonyl (C=O) groups excluding carboxylic acids is 2. The molecule has 0 amide bonds. The summed E-state index contributed by atoms with van der Waals surface area (Å²) < 4.78 is 59.4. The van der Waals surface area contributed by atoms with Crippen molar-refractivity contribution in [3.05, 3.63) is 35.9 Å². The third kappa shape index (κ3) is 33.0. The number of hydrogen-bond donors (Lipinski definition) is 0. The van der Waals surface area contributed by atoms with E-state index in [0.29, 0.717) is 131 Å². The van der Waals surface area contributed by atoms with Crippen LogP contribution in [0, 0.1) is 0 Å². The Morgan fingerprint density at radius 1 is 0.400 bits per heavy atom. The van der Waals surface area contributed by atoms with Crippen LogP contribution in [-0.2, 0) is 56.9 Å². The van der Waals surface area contributed by atoms with Gasteiger partial charge >= 0.3 is 11.9 Å². The summed E-state index contributed by atoms with van der Waals surface area (Å²) in [6, 6.07) is 8.85. The van der Waals surface area contributed by atoms with Gasteiger partial charge in [-0.3, -0.25) is 4.79 Å². The fraction of sp³-hybridized carbons (Fsp3) is 0.784. The molecule has 0 fully saturated rings. The summed E-state index contributed by atoms with van der Waals surface area (Å²) in [5.41, 5.74) is 0.523. The third-order valence-corrected chi connectivity index (χ3v) is 6.92. The molecular weight excluding hydrogens is 652 g/mol. The first-order valence-corrected chi connectivity index (χ1v) is 18.3. The second-order valence-corrected chi connectivity index (χ2v) is 11.1. The van der Waals surface area contributed by atoms with Crippen molar-refractivity contribution in [2.45, 2.75) is 58.3 Å². The van der Waals surface area contributed by atoms with Gasteiger partial charge in [-0.05, 0) is 18.6 Å². The molecule has 0 bridgehead atoms. The first-order chi connectivity index (χ1) is 24.7. The fourth-order valence-corrected chi connectivity index (χ4v) is 4.23. The largest absolute Gasteiger partial charge is 0.463 e. The van der Waals surface area contributed by atoms with Gasteiger partial charge in [0.25, 0.3) is 0 Å². The fourth-order valence-electron chi connectivity index (χ4n) is 4.23. The van der Waals surface area contributed by atoms with E-state index in [4.69, 9.17) is 52.1 Å². The molecular formula is C37H64O13. The standard InChI is InChI=1S/C37H64O13/c1-2-3-4-5-6-7-11-14-36(38)49-33-31-47-29-27-45-25-23-43-21-19-41-17-15-40-16-18-42-20-22-44-24-26-46-28-30-48-32-34-50-37(39)35-12-9-8-10-13-35/h8-10,12-13H,2-7,11,14-34H2,1H3. The Balaban J connectivity index is 1.65. The summed E-state index contributed by atoms with van der Waals surface area (Å²) in [6.07, 6.45) is 8.77. The molecule has 290 valence electrons. The van der Waals surface area contributed by atoms with Crippen molar-refractivity contribution in [2.75, 3.05) is 132 Å². The molecule has 0 aromatic heterocycles. The molecule has 1 rings (SSSR count). The minimum absolute atomic E-state index is 0.145. The summed E-state index contributed by atoms with van der Waals surface area (Å²) in [5.74, 6) is -0.503. The molecule has 0 aliphatic heterocycles. The Morgan fingerprint density at radius 2 is 0.720 bits per heavy atom. The molecule has 0 atom stereocenters. The van der Waals surface area contributed by atoms with Crippen LogP contribution in [0.3, 0.4) is 0 Å². The molecule has 0 saturated heterocycles. The van der Waals surface area contributed by atoms with E-state index in [1.54, 1.807) is 24.3 Å². The van der Waals surface area contributed by atoms with E-state index < -0.39 is 0 Å². The van der Waals surface area contributed by atoms with E-state index in [0.717, 1.165) is 12.8 Å². The van der Waals surface area contributed by atoms with E-state index >= 15 is 0 Å². The highest BCUT2D eigenvalue weighted by Gasteiger charge is 2.05. The van der Waals surface area contributed by atoms with E-state index in [2.05, 4.69) is 6.92 Å². The molecule has 0 aliphatic carbocycles. The number of benzene rings is 1. The summed E-state index contributed by atoms with van der Waals surface area (Å²) in [4.78, 5) is 23.5. The maximum absolute atomic E-state index is 11.8. The van der Waals surface area contributed by atoms with E-state index in [9.17, 15) is 9.59 Å². The second-order valence-electron chi connectivity index (χ2n) is 11.1. The minimum Gasteiger partial charge on any atom is -0.463 e. The van der Waals surface area contributed by atoms with Gasteiger partial charge in [0.05, 0.1) is 124 Å². The Hall–Kier alpha value is -2.20. The molecule has 50 heavy (non-hydrogen) atoms. The predicted molar refractivity (Wildman–Crippen MR) is 188 cm³/mol. The zero-order valence-corrected chi connectivity index (χ0v) is 30.5.